The zero-order valence-electron chi connectivity index (χ0n) is 18.8. The van der Waals surface area contributed by atoms with Crippen LogP contribution in [0, 0.1) is 5.92 Å². The Bertz CT molecular complexity index is 1160. The summed E-state index contributed by atoms with van der Waals surface area (Å²) in [7, 11) is 0. The Morgan fingerprint density at radius 2 is 1.94 bits per heavy atom. The van der Waals surface area contributed by atoms with Gasteiger partial charge in [-0.25, -0.2) is 9.50 Å². The lowest BCUT2D eigenvalue weighted by atomic mass is 9.95. The first-order valence-electron chi connectivity index (χ1n) is 11.0. The van der Waals surface area contributed by atoms with Crippen molar-refractivity contribution in [3.63, 3.8) is 0 Å². The molecule has 0 spiro atoms. The number of aromatic nitrogens is 3. The Labute approximate surface area is 194 Å². The topological polar surface area (TPSA) is 92.0 Å². The molecule has 34 heavy (non-hydrogen) atoms. The van der Waals surface area contributed by atoms with E-state index < -0.39 is 12.0 Å². The van der Waals surface area contributed by atoms with Gasteiger partial charge in [-0.15, -0.1) is 18.3 Å². The fraction of sp³-hybridized carbons (Fsp3) is 0.435. The van der Waals surface area contributed by atoms with Crippen molar-refractivity contribution in [3.8, 4) is 17.0 Å². The van der Waals surface area contributed by atoms with E-state index in [0.29, 0.717) is 48.3 Å². The Hall–Kier alpha value is -3.34. The van der Waals surface area contributed by atoms with Gasteiger partial charge in [0.15, 0.2) is 5.65 Å². The molecule has 0 saturated carbocycles. The molecule has 1 amide bonds. The molecule has 11 heteroatoms. The second-order valence-corrected chi connectivity index (χ2v) is 8.88. The van der Waals surface area contributed by atoms with Crippen molar-refractivity contribution in [2.75, 3.05) is 25.0 Å². The molecule has 1 fully saturated rings. The third-order valence-electron chi connectivity index (χ3n) is 5.72. The van der Waals surface area contributed by atoms with Gasteiger partial charge in [0.25, 0.3) is 5.91 Å². The predicted octanol–water partition coefficient (Wildman–Crippen LogP) is 3.72. The number of aliphatic hydroxyl groups is 1. The zero-order chi connectivity index (χ0) is 24.5. The summed E-state index contributed by atoms with van der Waals surface area (Å²) in [4.78, 5) is 18.2. The van der Waals surface area contributed by atoms with Crippen molar-refractivity contribution < 1.29 is 27.8 Å². The minimum Gasteiger partial charge on any atom is -0.406 e. The standard InChI is InChI=1S/C23H26F3N5O3/c1-22(2,33)21(32)30-10-8-15(9-11-30)13-27-19-6-7-20-28-14-18(31(20)29-19)16-4-3-5-17(12-16)34-23(24,25)26/h3-7,12,14-15,33H,8-11,13H2,1-2H3,(H,27,29). The van der Waals surface area contributed by atoms with Crippen LogP contribution in [0.1, 0.15) is 26.7 Å². The molecule has 0 bridgehead atoms. The average Bonchev–Trinajstić information content (AvgIpc) is 3.19. The van der Waals surface area contributed by atoms with Gasteiger partial charge >= 0.3 is 6.36 Å². The normalized spacial score (nSPS) is 15.5. The molecule has 1 saturated heterocycles. The van der Waals surface area contributed by atoms with E-state index in [1.807, 2.05) is 0 Å². The molecule has 0 radical (unpaired) electrons. The number of halogens is 3. The van der Waals surface area contributed by atoms with E-state index in [4.69, 9.17) is 0 Å². The molecule has 0 aliphatic carbocycles. The molecular formula is C23H26F3N5O3. The molecule has 8 nitrogen and oxygen atoms in total. The molecule has 0 atom stereocenters. The van der Waals surface area contributed by atoms with Crippen molar-refractivity contribution in [2.24, 2.45) is 5.92 Å². The van der Waals surface area contributed by atoms with E-state index in [2.05, 4.69) is 20.1 Å². The molecule has 3 heterocycles. The lowest BCUT2D eigenvalue weighted by molar-refractivity contribution is -0.274. The average molecular weight is 477 g/mol. The van der Waals surface area contributed by atoms with E-state index in [9.17, 15) is 23.1 Å². The van der Waals surface area contributed by atoms with Gasteiger partial charge < -0.3 is 20.1 Å². The highest BCUT2D eigenvalue weighted by molar-refractivity contribution is 5.84. The number of likely N-dealkylation sites (tertiary alicyclic amines) is 1. The van der Waals surface area contributed by atoms with Gasteiger partial charge in [0.1, 0.15) is 17.2 Å². The van der Waals surface area contributed by atoms with Gasteiger partial charge in [0, 0.05) is 25.2 Å². The fourth-order valence-corrected chi connectivity index (χ4v) is 3.99. The van der Waals surface area contributed by atoms with Crippen molar-refractivity contribution in [3.05, 3.63) is 42.6 Å². The van der Waals surface area contributed by atoms with Gasteiger partial charge in [-0.1, -0.05) is 12.1 Å². The smallest absolute Gasteiger partial charge is 0.406 e. The van der Waals surface area contributed by atoms with Crippen molar-refractivity contribution in [2.45, 2.75) is 38.7 Å². The molecule has 1 aliphatic heterocycles. The van der Waals surface area contributed by atoms with Gasteiger partial charge in [-0.05, 0) is 56.9 Å². The molecule has 3 aromatic rings. The number of hydrogen-bond donors (Lipinski definition) is 2. The number of alkyl halides is 3. The number of nitrogens with zero attached hydrogens (tertiary/aromatic N) is 4. The molecule has 1 aliphatic rings. The van der Waals surface area contributed by atoms with E-state index in [-0.39, 0.29) is 11.7 Å². The van der Waals surface area contributed by atoms with Crippen LogP contribution in [0.25, 0.3) is 16.9 Å². The van der Waals surface area contributed by atoms with E-state index >= 15 is 0 Å². The number of imidazole rings is 1. The molecule has 2 N–H and O–H groups in total. The van der Waals surface area contributed by atoms with Crippen molar-refractivity contribution in [1.82, 2.24) is 19.5 Å². The molecular weight excluding hydrogens is 451 g/mol. The second-order valence-electron chi connectivity index (χ2n) is 8.88. The number of fused-ring (bicyclic) bond motifs is 1. The quantitative estimate of drug-likeness (QED) is 0.562. The summed E-state index contributed by atoms with van der Waals surface area (Å²) in [6.45, 7) is 4.82. The Morgan fingerprint density at radius 1 is 1.21 bits per heavy atom. The highest BCUT2D eigenvalue weighted by Crippen LogP contribution is 2.28. The predicted molar refractivity (Wildman–Crippen MR) is 119 cm³/mol. The van der Waals surface area contributed by atoms with E-state index in [0.717, 1.165) is 12.8 Å². The highest BCUT2D eigenvalue weighted by atomic mass is 19.4. The first-order valence-corrected chi connectivity index (χ1v) is 11.0. The maximum absolute atomic E-state index is 12.6. The third kappa shape index (κ3) is 5.58. The minimum atomic E-state index is -4.77. The lowest BCUT2D eigenvalue weighted by Crippen LogP contribution is -2.48. The maximum atomic E-state index is 12.6. The number of hydrogen-bond acceptors (Lipinski definition) is 6. The number of carbonyl (C=O) groups excluding carboxylic acids is 1. The zero-order valence-corrected chi connectivity index (χ0v) is 18.8. The number of anilines is 1. The summed E-state index contributed by atoms with van der Waals surface area (Å²) in [6, 6.07) is 9.24. The number of piperidine rings is 1. The molecule has 182 valence electrons. The number of benzene rings is 1. The summed E-state index contributed by atoms with van der Waals surface area (Å²) < 4.78 is 43.3. The number of rotatable bonds is 6. The molecule has 4 rings (SSSR count). The third-order valence-corrected chi connectivity index (χ3v) is 5.72. The maximum Gasteiger partial charge on any atom is 0.573 e. The monoisotopic (exact) mass is 477 g/mol. The Balaban J connectivity index is 1.43. The van der Waals surface area contributed by atoms with Crippen LogP contribution in [0.4, 0.5) is 19.0 Å². The first kappa shape index (κ1) is 23.8. The summed E-state index contributed by atoms with van der Waals surface area (Å²) in [5.74, 6) is 0.359. The van der Waals surface area contributed by atoms with Gasteiger partial charge in [-0.2, -0.15) is 0 Å². The SMILES string of the molecule is CC(C)(O)C(=O)N1CCC(CNc2ccc3ncc(-c4cccc(OC(F)(F)F)c4)n3n2)CC1. The fourth-order valence-electron chi connectivity index (χ4n) is 3.99. The van der Waals surface area contributed by atoms with Crippen LogP contribution in [0.5, 0.6) is 5.75 Å². The van der Waals surface area contributed by atoms with Crippen LogP contribution in [0.2, 0.25) is 0 Å². The number of amides is 1. The Morgan fingerprint density at radius 3 is 2.62 bits per heavy atom. The largest absolute Gasteiger partial charge is 0.573 e. The van der Waals surface area contributed by atoms with Gasteiger partial charge in [0.2, 0.25) is 0 Å². The summed E-state index contributed by atoms with van der Waals surface area (Å²) >= 11 is 0. The van der Waals surface area contributed by atoms with Crippen LogP contribution < -0.4 is 10.1 Å². The number of nitrogens with one attached hydrogen (secondary N) is 1. The Kier molecular flexibility index (Phi) is 6.39. The number of ether oxygens (including phenoxy) is 1. The molecule has 2 aromatic heterocycles. The van der Waals surface area contributed by atoms with Crippen LogP contribution >= 0.6 is 0 Å². The summed E-state index contributed by atoms with van der Waals surface area (Å²) in [5.41, 5.74) is 0.208. The van der Waals surface area contributed by atoms with Crippen LogP contribution in [0.15, 0.2) is 42.6 Å². The van der Waals surface area contributed by atoms with Gasteiger partial charge in [0.05, 0.1) is 11.9 Å². The molecule has 0 unspecified atom stereocenters. The minimum absolute atomic E-state index is 0.261. The van der Waals surface area contributed by atoms with E-state index in [1.54, 1.807) is 33.8 Å². The second kappa shape index (κ2) is 9.13. The van der Waals surface area contributed by atoms with Gasteiger partial charge in [-0.3, -0.25) is 4.79 Å². The summed E-state index contributed by atoms with van der Waals surface area (Å²) in [5, 5.41) is 17.8. The van der Waals surface area contributed by atoms with Crippen LogP contribution in [0.3, 0.4) is 0 Å². The van der Waals surface area contributed by atoms with Crippen LogP contribution in [-0.2, 0) is 4.79 Å². The van der Waals surface area contributed by atoms with Crippen molar-refractivity contribution in [1.29, 1.82) is 0 Å². The molecule has 1 aromatic carbocycles. The van der Waals surface area contributed by atoms with E-state index in [1.165, 1.54) is 32.0 Å². The lowest BCUT2D eigenvalue weighted by Gasteiger charge is -2.35. The first-order chi connectivity index (χ1) is 16.0. The van der Waals surface area contributed by atoms with Crippen molar-refractivity contribution >= 4 is 17.4 Å². The highest BCUT2D eigenvalue weighted by Gasteiger charge is 2.32. The summed E-state index contributed by atoms with van der Waals surface area (Å²) in [6.07, 6.45) is -1.61. The number of carbonyl (C=O) groups is 1. The van der Waals surface area contributed by atoms with Crippen LogP contribution in [-0.4, -0.2) is 62.1 Å².